The number of rotatable bonds is 5. The van der Waals surface area contributed by atoms with E-state index in [4.69, 9.17) is 44.3 Å². The number of ether oxygens (including phenoxy) is 2. The van der Waals surface area contributed by atoms with Crippen molar-refractivity contribution in [1.29, 1.82) is 0 Å². The third kappa shape index (κ3) is 4.61. The van der Waals surface area contributed by atoms with Gasteiger partial charge < -0.3 is 14.4 Å². The predicted molar refractivity (Wildman–Crippen MR) is 105 cm³/mol. The summed E-state index contributed by atoms with van der Waals surface area (Å²) in [5, 5.41) is 2.00. The van der Waals surface area contributed by atoms with Gasteiger partial charge in [-0.15, -0.1) is 0 Å². The molecule has 3 rings (SSSR count). The average molecular weight is 436 g/mol. The molecule has 9 heteroatoms. The van der Waals surface area contributed by atoms with Gasteiger partial charge in [0.1, 0.15) is 0 Å². The monoisotopic (exact) mass is 434 g/mol. The van der Waals surface area contributed by atoms with Gasteiger partial charge in [-0.1, -0.05) is 52.2 Å². The second-order valence-electron chi connectivity index (χ2n) is 5.85. The Morgan fingerprint density at radius 3 is 2.65 bits per heavy atom. The summed E-state index contributed by atoms with van der Waals surface area (Å²) in [6.45, 7) is 2.07. The molecule has 1 aromatic heterocycles. The second kappa shape index (κ2) is 8.76. The lowest BCUT2D eigenvalue weighted by Crippen LogP contribution is -2.36. The van der Waals surface area contributed by atoms with Gasteiger partial charge in [0.05, 0.1) is 29.9 Å². The molecule has 0 saturated carbocycles. The van der Waals surface area contributed by atoms with Gasteiger partial charge in [0, 0.05) is 13.1 Å². The van der Waals surface area contributed by atoms with Crippen LogP contribution in [0.2, 0.25) is 15.2 Å². The number of halogens is 3. The van der Waals surface area contributed by atoms with Crippen LogP contribution in [-0.2, 0) is 16.1 Å². The van der Waals surface area contributed by atoms with E-state index >= 15 is 0 Å². The first-order chi connectivity index (χ1) is 12.5. The van der Waals surface area contributed by atoms with Crippen LogP contribution in [0, 0.1) is 0 Å². The summed E-state index contributed by atoms with van der Waals surface area (Å²) < 4.78 is 10.7. The number of aromatic nitrogens is 1. The van der Waals surface area contributed by atoms with E-state index in [1.165, 1.54) is 18.4 Å². The van der Waals surface area contributed by atoms with Crippen molar-refractivity contribution in [3.63, 3.8) is 0 Å². The lowest BCUT2D eigenvalue weighted by molar-refractivity contribution is 0.0251. The Bertz CT molecular complexity index is 792. The molecule has 26 heavy (non-hydrogen) atoms. The number of carbonyl (C=O) groups is 1. The van der Waals surface area contributed by atoms with Gasteiger partial charge in [0.15, 0.2) is 15.2 Å². The van der Waals surface area contributed by atoms with Crippen LogP contribution in [0.15, 0.2) is 18.2 Å². The van der Waals surface area contributed by atoms with Crippen molar-refractivity contribution in [2.45, 2.75) is 25.6 Å². The fraction of sp³-hybridized carbons (Fsp3) is 0.412. The van der Waals surface area contributed by atoms with Crippen molar-refractivity contribution in [3.8, 4) is 0 Å². The summed E-state index contributed by atoms with van der Waals surface area (Å²) in [7, 11) is 1.33. The number of benzene rings is 1. The maximum atomic E-state index is 11.7. The Hall–Kier alpha value is -1.05. The highest BCUT2D eigenvalue weighted by molar-refractivity contribution is 7.18. The molecule has 5 nitrogen and oxygen atoms in total. The van der Waals surface area contributed by atoms with Gasteiger partial charge in [0.2, 0.25) is 0 Å². The number of esters is 1. The molecule has 0 bridgehead atoms. The number of piperidine rings is 1. The van der Waals surface area contributed by atoms with E-state index in [1.807, 2.05) is 12.1 Å². The second-order valence-corrected chi connectivity index (χ2v) is 8.00. The highest BCUT2D eigenvalue weighted by atomic mass is 35.5. The van der Waals surface area contributed by atoms with Crippen LogP contribution in [0.25, 0.3) is 0 Å². The maximum absolute atomic E-state index is 11.7. The van der Waals surface area contributed by atoms with E-state index in [9.17, 15) is 4.79 Å². The highest BCUT2D eigenvalue weighted by Crippen LogP contribution is 2.32. The molecule has 2 heterocycles. The van der Waals surface area contributed by atoms with Gasteiger partial charge >= 0.3 is 5.97 Å². The molecule has 0 atom stereocenters. The molecule has 0 unspecified atom stereocenters. The number of thiazole rings is 1. The van der Waals surface area contributed by atoms with E-state index in [1.54, 1.807) is 6.07 Å². The number of anilines is 1. The standard InChI is InChI=1S/C17H17Cl3N2O3S/c1-24-16(23)14-15(20)21-17(26-14)22-6-4-11(5-7-22)25-9-10-2-3-12(18)13(19)8-10/h2-3,8,11H,4-7,9H2,1H3. The summed E-state index contributed by atoms with van der Waals surface area (Å²) in [6.07, 6.45) is 1.90. The summed E-state index contributed by atoms with van der Waals surface area (Å²) in [5.74, 6) is -0.460. The predicted octanol–water partition coefficient (Wildman–Crippen LogP) is 5.08. The molecule has 1 fully saturated rings. The van der Waals surface area contributed by atoms with Crippen LogP contribution >= 0.6 is 46.1 Å². The van der Waals surface area contributed by atoms with Crippen LogP contribution < -0.4 is 4.90 Å². The minimum atomic E-state index is -0.460. The van der Waals surface area contributed by atoms with Crippen LogP contribution in [0.5, 0.6) is 0 Å². The third-order valence-corrected chi connectivity index (χ3v) is 6.35. The van der Waals surface area contributed by atoms with Crippen molar-refractivity contribution in [3.05, 3.63) is 43.8 Å². The first-order valence-corrected chi connectivity index (χ1v) is 9.98. The van der Waals surface area contributed by atoms with E-state index in [-0.39, 0.29) is 11.3 Å². The molecule has 1 saturated heterocycles. The molecule has 0 radical (unpaired) electrons. The average Bonchev–Trinajstić information content (AvgIpc) is 3.04. The van der Waals surface area contributed by atoms with E-state index in [0.717, 1.165) is 36.6 Å². The minimum absolute atomic E-state index is 0.163. The van der Waals surface area contributed by atoms with Crippen LogP contribution in [0.1, 0.15) is 28.1 Å². The molecule has 0 aliphatic carbocycles. The molecule has 1 aliphatic rings. The Morgan fingerprint density at radius 2 is 2.00 bits per heavy atom. The van der Waals surface area contributed by atoms with Gasteiger partial charge in [-0.3, -0.25) is 0 Å². The fourth-order valence-electron chi connectivity index (χ4n) is 2.70. The first-order valence-electron chi connectivity index (χ1n) is 8.03. The number of nitrogens with zero attached hydrogens (tertiary/aromatic N) is 2. The van der Waals surface area contributed by atoms with Crippen molar-refractivity contribution >= 4 is 57.2 Å². The fourth-order valence-corrected chi connectivity index (χ4v) is 4.27. The number of hydrogen-bond donors (Lipinski definition) is 0. The topological polar surface area (TPSA) is 51.7 Å². The molecule has 0 spiro atoms. The quantitative estimate of drug-likeness (QED) is 0.613. The van der Waals surface area contributed by atoms with Crippen molar-refractivity contribution < 1.29 is 14.3 Å². The van der Waals surface area contributed by atoms with Crippen LogP contribution in [0.4, 0.5) is 5.13 Å². The SMILES string of the molecule is COC(=O)c1sc(N2CCC(OCc3ccc(Cl)c(Cl)c3)CC2)nc1Cl. The zero-order chi connectivity index (χ0) is 18.7. The summed E-state index contributed by atoms with van der Waals surface area (Å²) >= 11 is 19.2. The van der Waals surface area contributed by atoms with Crippen molar-refractivity contribution in [2.24, 2.45) is 0 Å². The normalized spacial score (nSPS) is 15.3. The maximum Gasteiger partial charge on any atom is 0.351 e. The van der Waals surface area contributed by atoms with Crippen LogP contribution in [0.3, 0.4) is 0 Å². The summed E-state index contributed by atoms with van der Waals surface area (Å²) in [5.41, 5.74) is 0.997. The van der Waals surface area contributed by atoms with E-state index < -0.39 is 5.97 Å². The molecule has 140 valence electrons. The van der Waals surface area contributed by atoms with Gasteiger partial charge in [-0.25, -0.2) is 9.78 Å². The first kappa shape index (κ1) is 19.7. The Kier molecular flexibility index (Phi) is 6.64. The van der Waals surface area contributed by atoms with Crippen molar-refractivity contribution in [1.82, 2.24) is 4.98 Å². The van der Waals surface area contributed by atoms with Gasteiger partial charge in [-0.2, -0.15) is 0 Å². The van der Waals surface area contributed by atoms with Crippen LogP contribution in [-0.4, -0.2) is 37.3 Å². The Morgan fingerprint density at radius 1 is 1.27 bits per heavy atom. The largest absolute Gasteiger partial charge is 0.465 e. The number of methoxy groups -OCH3 is 1. The Labute approximate surface area is 170 Å². The number of carbonyl (C=O) groups excluding carboxylic acids is 1. The molecule has 0 amide bonds. The zero-order valence-electron chi connectivity index (χ0n) is 14.0. The molecular formula is C17H17Cl3N2O3S. The van der Waals surface area contributed by atoms with Crippen molar-refractivity contribution in [2.75, 3.05) is 25.1 Å². The smallest absolute Gasteiger partial charge is 0.351 e. The van der Waals surface area contributed by atoms with E-state index in [0.29, 0.717) is 21.5 Å². The number of hydrogen-bond acceptors (Lipinski definition) is 6. The lowest BCUT2D eigenvalue weighted by Gasteiger charge is -2.31. The minimum Gasteiger partial charge on any atom is -0.465 e. The third-order valence-electron chi connectivity index (χ3n) is 4.13. The van der Waals surface area contributed by atoms with Gasteiger partial charge in [-0.05, 0) is 30.5 Å². The molecular weight excluding hydrogens is 419 g/mol. The highest BCUT2D eigenvalue weighted by Gasteiger charge is 2.25. The lowest BCUT2D eigenvalue weighted by atomic mass is 10.1. The molecule has 2 aromatic rings. The molecule has 1 aliphatic heterocycles. The molecule has 0 N–H and O–H groups in total. The van der Waals surface area contributed by atoms with Gasteiger partial charge in [0.25, 0.3) is 0 Å². The molecule has 1 aromatic carbocycles. The van der Waals surface area contributed by atoms with E-state index in [2.05, 4.69) is 9.88 Å². The zero-order valence-corrected chi connectivity index (χ0v) is 17.1. The summed E-state index contributed by atoms with van der Waals surface area (Å²) in [6, 6.07) is 5.51. The Balaban J connectivity index is 1.52. The summed E-state index contributed by atoms with van der Waals surface area (Å²) in [4.78, 5) is 18.4.